The average molecular weight is 516 g/mol. The molecule has 4 aromatic rings. The molecule has 0 saturated heterocycles. The Morgan fingerprint density at radius 2 is 1.78 bits per heavy atom. The third-order valence-electron chi connectivity index (χ3n) is 5.29. The summed E-state index contributed by atoms with van der Waals surface area (Å²) >= 11 is 0. The van der Waals surface area contributed by atoms with Crippen molar-refractivity contribution in [2.24, 2.45) is 5.84 Å². The van der Waals surface area contributed by atoms with E-state index in [4.69, 9.17) is 11.6 Å². The van der Waals surface area contributed by atoms with Crippen LogP contribution in [0.2, 0.25) is 0 Å². The molecule has 4 rings (SSSR count). The van der Waals surface area contributed by atoms with Crippen molar-refractivity contribution in [3.05, 3.63) is 78.1 Å². The van der Waals surface area contributed by atoms with Crippen LogP contribution in [0.1, 0.15) is 11.1 Å². The molecule has 2 aromatic carbocycles. The van der Waals surface area contributed by atoms with Crippen LogP contribution in [0.3, 0.4) is 0 Å². The first kappa shape index (κ1) is 25.6. The standard InChI is InChI=1S/C24H24F3N6O2P/c1-36(34,35-15-24(25,26)27)14-16-4-7-18(8-5-16)21-12-31-22(28)23(32-21)33(29)13-17-6-9-20-19(11-17)3-2-10-30-20/h2-12H,13-15,29H2,1H3,(H2,28,31). The number of aromatic nitrogens is 3. The molecular weight excluding hydrogens is 492 g/mol. The van der Waals surface area contributed by atoms with Crippen LogP contribution in [0.15, 0.2) is 67.0 Å². The zero-order valence-corrected chi connectivity index (χ0v) is 20.2. The Hall–Kier alpha value is -3.53. The number of anilines is 2. The molecule has 0 bridgehead atoms. The molecule has 36 heavy (non-hydrogen) atoms. The predicted molar refractivity (Wildman–Crippen MR) is 133 cm³/mol. The lowest BCUT2D eigenvalue weighted by atomic mass is 10.1. The second-order valence-electron chi connectivity index (χ2n) is 8.38. The maximum atomic E-state index is 12.4. The van der Waals surface area contributed by atoms with Crippen LogP contribution in [0.5, 0.6) is 0 Å². The van der Waals surface area contributed by atoms with Gasteiger partial charge in [0.1, 0.15) is 6.61 Å². The van der Waals surface area contributed by atoms with Crippen LogP contribution in [-0.2, 0) is 21.8 Å². The van der Waals surface area contributed by atoms with Crippen molar-refractivity contribution in [1.82, 2.24) is 15.0 Å². The van der Waals surface area contributed by atoms with Gasteiger partial charge in [0.05, 0.1) is 24.0 Å². The smallest absolute Gasteiger partial charge is 0.381 e. The summed E-state index contributed by atoms with van der Waals surface area (Å²) in [5.74, 6) is 6.74. The highest BCUT2D eigenvalue weighted by atomic mass is 31.2. The molecule has 2 heterocycles. The Bertz CT molecular complexity index is 1420. The predicted octanol–water partition coefficient (Wildman–Crippen LogP) is 5.14. The van der Waals surface area contributed by atoms with Crippen LogP contribution >= 0.6 is 7.37 Å². The Labute approximate surface area is 205 Å². The molecule has 1 atom stereocenters. The Morgan fingerprint density at radius 1 is 1.06 bits per heavy atom. The summed E-state index contributed by atoms with van der Waals surface area (Å²) in [6.07, 6.45) is -1.43. The summed E-state index contributed by atoms with van der Waals surface area (Å²) in [4.78, 5) is 13.1. The Balaban J connectivity index is 1.48. The molecule has 1 unspecified atom stereocenters. The first-order valence-electron chi connectivity index (χ1n) is 10.8. The molecule has 0 spiro atoms. The van der Waals surface area contributed by atoms with Gasteiger partial charge in [0, 0.05) is 30.0 Å². The van der Waals surface area contributed by atoms with Crippen LogP contribution < -0.4 is 16.6 Å². The van der Waals surface area contributed by atoms with Gasteiger partial charge in [-0.2, -0.15) is 13.2 Å². The van der Waals surface area contributed by atoms with Crippen molar-refractivity contribution in [2.75, 3.05) is 24.0 Å². The van der Waals surface area contributed by atoms with Crippen molar-refractivity contribution in [3.8, 4) is 11.3 Å². The second kappa shape index (κ2) is 10.2. The van der Waals surface area contributed by atoms with Gasteiger partial charge >= 0.3 is 6.18 Å². The molecule has 0 saturated carbocycles. The fourth-order valence-electron chi connectivity index (χ4n) is 3.60. The molecule has 0 aliphatic rings. The topological polar surface area (TPSA) is 120 Å². The van der Waals surface area contributed by atoms with E-state index in [1.165, 1.54) is 17.9 Å². The second-order valence-corrected chi connectivity index (χ2v) is 11.0. The molecule has 0 radical (unpaired) electrons. The van der Waals surface area contributed by atoms with Crippen molar-refractivity contribution < 1.29 is 22.3 Å². The maximum absolute atomic E-state index is 12.4. The van der Waals surface area contributed by atoms with Crippen LogP contribution in [0.4, 0.5) is 24.8 Å². The van der Waals surface area contributed by atoms with Gasteiger partial charge in [0.25, 0.3) is 0 Å². The molecule has 0 aliphatic heterocycles. The normalized spacial score (nSPS) is 13.5. The van der Waals surface area contributed by atoms with E-state index in [2.05, 4.69) is 19.5 Å². The van der Waals surface area contributed by atoms with Gasteiger partial charge in [0.2, 0.25) is 7.37 Å². The van der Waals surface area contributed by atoms with Gasteiger partial charge in [-0.15, -0.1) is 0 Å². The molecule has 8 nitrogen and oxygen atoms in total. The van der Waals surface area contributed by atoms with E-state index < -0.39 is 20.2 Å². The summed E-state index contributed by atoms with van der Waals surface area (Å²) in [6, 6.07) is 16.4. The fourth-order valence-corrected chi connectivity index (χ4v) is 4.99. The number of hydrogen-bond acceptors (Lipinski definition) is 8. The summed E-state index contributed by atoms with van der Waals surface area (Å²) in [6.45, 7) is -0.0313. The van der Waals surface area contributed by atoms with Crippen molar-refractivity contribution >= 4 is 29.9 Å². The maximum Gasteiger partial charge on any atom is 0.412 e. The minimum atomic E-state index is -4.54. The molecule has 4 N–H and O–H groups in total. The lowest BCUT2D eigenvalue weighted by Gasteiger charge is -2.20. The van der Waals surface area contributed by atoms with Crippen LogP contribution in [0.25, 0.3) is 22.2 Å². The number of hydrogen-bond donors (Lipinski definition) is 2. The Kier molecular flexibility index (Phi) is 7.26. The quantitative estimate of drug-likeness (QED) is 0.188. The van der Waals surface area contributed by atoms with Gasteiger partial charge in [-0.1, -0.05) is 36.4 Å². The van der Waals surface area contributed by atoms with E-state index >= 15 is 0 Å². The van der Waals surface area contributed by atoms with Gasteiger partial charge in [-0.05, 0) is 29.3 Å². The Morgan fingerprint density at radius 3 is 2.50 bits per heavy atom. The van der Waals surface area contributed by atoms with Gasteiger partial charge in [-0.25, -0.2) is 15.8 Å². The van der Waals surface area contributed by atoms with Crippen molar-refractivity contribution in [2.45, 2.75) is 18.9 Å². The average Bonchev–Trinajstić information content (AvgIpc) is 2.83. The highest BCUT2D eigenvalue weighted by molar-refractivity contribution is 7.57. The van der Waals surface area contributed by atoms with Gasteiger partial charge < -0.3 is 10.3 Å². The van der Waals surface area contributed by atoms with E-state index in [1.54, 1.807) is 30.5 Å². The zero-order valence-electron chi connectivity index (χ0n) is 19.3. The molecular formula is C24H24F3N6O2P. The van der Waals surface area contributed by atoms with Gasteiger partial charge in [-0.3, -0.25) is 14.6 Å². The summed E-state index contributed by atoms with van der Waals surface area (Å²) < 4.78 is 54.1. The summed E-state index contributed by atoms with van der Waals surface area (Å²) in [7, 11) is -3.47. The number of fused-ring (bicyclic) bond motifs is 1. The summed E-state index contributed by atoms with van der Waals surface area (Å²) in [5, 5.41) is 2.39. The number of rotatable bonds is 8. The molecule has 0 amide bonds. The number of hydrazine groups is 1. The summed E-state index contributed by atoms with van der Waals surface area (Å²) in [5.41, 5.74) is 9.60. The monoisotopic (exact) mass is 516 g/mol. The highest BCUT2D eigenvalue weighted by Gasteiger charge is 2.31. The van der Waals surface area contributed by atoms with Crippen molar-refractivity contribution in [1.29, 1.82) is 0 Å². The molecule has 12 heteroatoms. The zero-order chi connectivity index (χ0) is 25.9. The third kappa shape index (κ3) is 6.57. The first-order chi connectivity index (χ1) is 17.0. The number of benzene rings is 2. The minimum Gasteiger partial charge on any atom is -0.381 e. The lowest BCUT2D eigenvalue weighted by Crippen LogP contribution is -2.32. The first-order valence-corrected chi connectivity index (χ1v) is 13.1. The molecule has 188 valence electrons. The van der Waals surface area contributed by atoms with Crippen molar-refractivity contribution in [3.63, 3.8) is 0 Å². The SMILES string of the molecule is CP(=O)(Cc1ccc(-c2cnc(N)c(N(N)Cc3ccc4ncccc4c3)n2)cc1)OCC(F)(F)F. The largest absolute Gasteiger partial charge is 0.412 e. The number of nitrogens with two attached hydrogens (primary N) is 2. The van der Waals surface area contributed by atoms with Crippen LogP contribution in [0, 0.1) is 0 Å². The highest BCUT2D eigenvalue weighted by Crippen LogP contribution is 2.47. The molecule has 0 fully saturated rings. The van der Waals surface area contributed by atoms with E-state index in [-0.39, 0.29) is 12.0 Å². The lowest BCUT2D eigenvalue weighted by molar-refractivity contribution is -0.153. The third-order valence-corrected chi connectivity index (χ3v) is 6.91. The minimum absolute atomic E-state index is 0.125. The van der Waals surface area contributed by atoms with E-state index in [0.717, 1.165) is 16.5 Å². The van der Waals surface area contributed by atoms with E-state index in [9.17, 15) is 17.7 Å². The van der Waals surface area contributed by atoms with Gasteiger partial charge in [0.15, 0.2) is 11.6 Å². The van der Waals surface area contributed by atoms with E-state index in [0.29, 0.717) is 29.2 Å². The number of pyridine rings is 1. The van der Waals surface area contributed by atoms with E-state index in [1.807, 2.05) is 30.3 Å². The number of alkyl halides is 3. The van der Waals surface area contributed by atoms with Crippen LogP contribution in [-0.4, -0.2) is 34.4 Å². The molecule has 2 aromatic heterocycles. The molecule has 0 aliphatic carbocycles. The number of halogens is 3. The number of nitrogens with zero attached hydrogens (tertiary/aromatic N) is 4. The number of nitrogen functional groups attached to an aromatic ring is 1. The fraction of sp³-hybridized carbons (Fsp3) is 0.208.